The molecule has 0 unspecified atom stereocenters. The summed E-state index contributed by atoms with van der Waals surface area (Å²) in [5.74, 6) is 0.936. The highest BCUT2D eigenvalue weighted by Gasteiger charge is 2.17. The van der Waals surface area contributed by atoms with Crippen molar-refractivity contribution < 1.29 is 8.83 Å². The predicted octanol–water partition coefficient (Wildman–Crippen LogP) is 5.77. The summed E-state index contributed by atoms with van der Waals surface area (Å²) in [4.78, 5) is 0. The van der Waals surface area contributed by atoms with Gasteiger partial charge in [0.1, 0.15) is 16.9 Å². The molecule has 2 aromatic heterocycles. The molecular weight excluding hydrogens is 260 g/mol. The zero-order valence-electron chi connectivity index (χ0n) is 12.4. The average molecular weight is 276 g/mol. The van der Waals surface area contributed by atoms with Crippen LogP contribution in [-0.2, 0) is 0 Å². The van der Waals surface area contributed by atoms with Crippen LogP contribution in [0.1, 0.15) is 16.7 Å². The number of rotatable bonds is 1. The third-order valence-corrected chi connectivity index (χ3v) is 4.12. The van der Waals surface area contributed by atoms with Crippen LogP contribution in [0.25, 0.3) is 33.3 Å². The van der Waals surface area contributed by atoms with Crippen molar-refractivity contribution in [2.24, 2.45) is 0 Å². The van der Waals surface area contributed by atoms with Crippen LogP contribution in [0.4, 0.5) is 0 Å². The quantitative estimate of drug-likeness (QED) is 0.441. The Labute approximate surface area is 123 Å². The Kier molecular flexibility index (Phi) is 2.49. The van der Waals surface area contributed by atoms with Gasteiger partial charge in [0.25, 0.3) is 0 Å². The first-order chi connectivity index (χ1) is 10.1. The maximum Gasteiger partial charge on any atom is 0.139 e. The van der Waals surface area contributed by atoms with E-state index < -0.39 is 0 Å². The molecule has 2 heterocycles. The molecule has 0 radical (unpaired) electrons. The molecule has 0 fully saturated rings. The Bertz CT molecular complexity index is 970. The van der Waals surface area contributed by atoms with Gasteiger partial charge in [0.2, 0.25) is 0 Å². The van der Waals surface area contributed by atoms with E-state index in [4.69, 9.17) is 8.83 Å². The molecule has 0 atom stereocenters. The fraction of sp³-hybridized carbons (Fsp3) is 0.158. The Morgan fingerprint density at radius 2 is 1.76 bits per heavy atom. The average Bonchev–Trinajstić information content (AvgIpc) is 3.01. The lowest BCUT2D eigenvalue weighted by Crippen LogP contribution is -1.81. The smallest absolute Gasteiger partial charge is 0.139 e. The lowest BCUT2D eigenvalue weighted by molar-refractivity contribution is 0.612. The summed E-state index contributed by atoms with van der Waals surface area (Å²) < 4.78 is 11.7. The second-order valence-electron chi connectivity index (χ2n) is 5.65. The minimum atomic E-state index is 0.904. The zero-order valence-corrected chi connectivity index (χ0v) is 12.4. The summed E-state index contributed by atoms with van der Waals surface area (Å²) in [5, 5.41) is 2.32. The van der Waals surface area contributed by atoms with Gasteiger partial charge < -0.3 is 8.83 Å². The fourth-order valence-corrected chi connectivity index (χ4v) is 3.03. The SMILES string of the molecule is Cc1ccc2oc(-c3cccc4occ(C)c34)c(C)c2c1. The molecule has 4 aromatic rings. The molecule has 104 valence electrons. The Hall–Kier alpha value is -2.48. The van der Waals surface area contributed by atoms with Gasteiger partial charge in [0.15, 0.2) is 0 Å². The van der Waals surface area contributed by atoms with Crippen LogP contribution in [0.15, 0.2) is 51.5 Å². The molecule has 0 aliphatic carbocycles. The number of benzene rings is 2. The van der Waals surface area contributed by atoms with Gasteiger partial charge in [0, 0.05) is 21.9 Å². The van der Waals surface area contributed by atoms with Crippen molar-refractivity contribution in [3.05, 3.63) is 59.4 Å². The number of aryl methyl sites for hydroxylation is 3. The van der Waals surface area contributed by atoms with Crippen LogP contribution in [0, 0.1) is 20.8 Å². The van der Waals surface area contributed by atoms with E-state index in [0.717, 1.165) is 33.4 Å². The van der Waals surface area contributed by atoms with E-state index in [0.29, 0.717) is 0 Å². The summed E-state index contributed by atoms with van der Waals surface area (Å²) in [7, 11) is 0. The van der Waals surface area contributed by atoms with Gasteiger partial charge in [-0.05, 0) is 44.5 Å². The van der Waals surface area contributed by atoms with Gasteiger partial charge in [-0.2, -0.15) is 0 Å². The number of furan rings is 2. The summed E-state index contributed by atoms with van der Waals surface area (Å²) in [6.45, 7) is 6.29. The van der Waals surface area contributed by atoms with E-state index in [1.807, 2.05) is 18.2 Å². The zero-order chi connectivity index (χ0) is 14.6. The van der Waals surface area contributed by atoms with Gasteiger partial charge in [-0.1, -0.05) is 23.8 Å². The molecule has 0 saturated carbocycles. The van der Waals surface area contributed by atoms with E-state index in [1.54, 1.807) is 6.26 Å². The molecule has 2 heteroatoms. The number of hydrogen-bond acceptors (Lipinski definition) is 2. The minimum absolute atomic E-state index is 0.904. The molecule has 0 bridgehead atoms. The molecule has 0 saturated heterocycles. The Morgan fingerprint density at radius 1 is 0.905 bits per heavy atom. The molecular formula is C19H16O2. The Morgan fingerprint density at radius 3 is 2.62 bits per heavy atom. The lowest BCUT2D eigenvalue weighted by atomic mass is 10.0. The fourth-order valence-electron chi connectivity index (χ4n) is 3.03. The summed E-state index contributed by atoms with van der Waals surface area (Å²) >= 11 is 0. The first kappa shape index (κ1) is 12.3. The third-order valence-electron chi connectivity index (χ3n) is 4.12. The summed E-state index contributed by atoms with van der Waals surface area (Å²) in [6, 6.07) is 12.4. The molecule has 0 N–H and O–H groups in total. The van der Waals surface area contributed by atoms with Crippen molar-refractivity contribution in [1.82, 2.24) is 0 Å². The van der Waals surface area contributed by atoms with Crippen molar-refractivity contribution in [3.63, 3.8) is 0 Å². The first-order valence-corrected chi connectivity index (χ1v) is 7.12. The molecule has 0 aliphatic rings. The second-order valence-corrected chi connectivity index (χ2v) is 5.65. The van der Waals surface area contributed by atoms with Crippen molar-refractivity contribution in [2.75, 3.05) is 0 Å². The monoisotopic (exact) mass is 276 g/mol. The maximum absolute atomic E-state index is 6.13. The topological polar surface area (TPSA) is 26.3 Å². The van der Waals surface area contributed by atoms with Gasteiger partial charge in [-0.3, -0.25) is 0 Å². The maximum atomic E-state index is 6.13. The van der Waals surface area contributed by atoms with Gasteiger partial charge in [-0.25, -0.2) is 0 Å². The van der Waals surface area contributed by atoms with Crippen LogP contribution >= 0.6 is 0 Å². The first-order valence-electron chi connectivity index (χ1n) is 7.12. The molecule has 0 aliphatic heterocycles. The standard InChI is InChI=1S/C19H16O2/c1-11-7-8-16-15(9-11)13(3)19(21-16)14-5-4-6-17-18(14)12(2)10-20-17/h4-10H,1-3H3. The highest BCUT2D eigenvalue weighted by molar-refractivity contribution is 5.99. The molecule has 2 nitrogen and oxygen atoms in total. The largest absolute Gasteiger partial charge is 0.464 e. The summed E-state index contributed by atoms with van der Waals surface area (Å²) in [5.41, 5.74) is 6.51. The minimum Gasteiger partial charge on any atom is -0.464 e. The van der Waals surface area contributed by atoms with Crippen LogP contribution in [0.5, 0.6) is 0 Å². The number of hydrogen-bond donors (Lipinski definition) is 0. The van der Waals surface area contributed by atoms with Gasteiger partial charge in [0.05, 0.1) is 6.26 Å². The van der Waals surface area contributed by atoms with E-state index >= 15 is 0 Å². The van der Waals surface area contributed by atoms with Crippen molar-refractivity contribution in [3.8, 4) is 11.3 Å². The summed E-state index contributed by atoms with van der Waals surface area (Å²) in [6.07, 6.45) is 1.80. The van der Waals surface area contributed by atoms with Crippen LogP contribution < -0.4 is 0 Å². The Balaban J connectivity index is 2.09. The molecule has 21 heavy (non-hydrogen) atoms. The van der Waals surface area contributed by atoms with E-state index in [-0.39, 0.29) is 0 Å². The van der Waals surface area contributed by atoms with Crippen molar-refractivity contribution in [2.45, 2.75) is 20.8 Å². The molecule has 4 rings (SSSR count). The van der Waals surface area contributed by atoms with Crippen molar-refractivity contribution in [1.29, 1.82) is 0 Å². The van der Waals surface area contributed by atoms with Crippen LogP contribution in [-0.4, -0.2) is 0 Å². The van der Waals surface area contributed by atoms with E-state index in [9.17, 15) is 0 Å². The highest BCUT2D eigenvalue weighted by atomic mass is 16.3. The molecule has 0 amide bonds. The van der Waals surface area contributed by atoms with E-state index in [1.165, 1.54) is 16.5 Å². The third kappa shape index (κ3) is 1.72. The normalized spacial score (nSPS) is 11.6. The number of fused-ring (bicyclic) bond motifs is 2. The predicted molar refractivity (Wildman–Crippen MR) is 85.6 cm³/mol. The lowest BCUT2D eigenvalue weighted by Gasteiger charge is -2.02. The van der Waals surface area contributed by atoms with E-state index in [2.05, 4.69) is 39.0 Å². The second kappa shape index (κ2) is 4.26. The molecule has 2 aromatic carbocycles. The van der Waals surface area contributed by atoms with Crippen LogP contribution in [0.3, 0.4) is 0 Å². The van der Waals surface area contributed by atoms with Gasteiger partial charge in [-0.15, -0.1) is 0 Å². The van der Waals surface area contributed by atoms with Gasteiger partial charge >= 0.3 is 0 Å². The molecule has 0 spiro atoms. The van der Waals surface area contributed by atoms with Crippen LogP contribution in [0.2, 0.25) is 0 Å². The highest BCUT2D eigenvalue weighted by Crippen LogP contribution is 2.38. The van der Waals surface area contributed by atoms with Crippen molar-refractivity contribution >= 4 is 21.9 Å².